The number of methoxy groups -OCH3 is 1. The van der Waals surface area contributed by atoms with Crippen molar-refractivity contribution in [2.24, 2.45) is 17.8 Å². The molecule has 1 aliphatic rings. The minimum atomic E-state index is -0.348. The third kappa shape index (κ3) is 15.2. The highest BCUT2D eigenvalue weighted by atomic mass is 16.5. The molecule has 3 amide bonds. The largest absolute Gasteiger partial charge is 0.471 e. The number of amides is 3. The van der Waals surface area contributed by atoms with Crippen molar-refractivity contribution in [3.05, 3.63) is 35.9 Å². The number of carbonyl (C=O) groups excluding carboxylic acids is 4. The van der Waals surface area contributed by atoms with E-state index in [4.69, 9.17) is 4.79 Å². The summed E-state index contributed by atoms with van der Waals surface area (Å²) in [5, 5.41) is 2.91. The van der Waals surface area contributed by atoms with E-state index in [0.717, 1.165) is 37.4 Å². The average molecular weight is 619 g/mol. The van der Waals surface area contributed by atoms with Crippen LogP contribution in [0.2, 0.25) is 0 Å². The summed E-state index contributed by atoms with van der Waals surface area (Å²) in [7, 11) is 5.05. The number of hydrogen-bond acceptors (Lipinski definition) is 6. The lowest BCUT2D eigenvalue weighted by Crippen LogP contribution is -2.52. The molecule has 0 aromatic heterocycles. The Morgan fingerprint density at radius 1 is 1.00 bits per heavy atom. The second-order valence-corrected chi connectivity index (χ2v) is 13.3. The normalized spacial score (nSPS) is 14.5. The summed E-state index contributed by atoms with van der Waals surface area (Å²) in [5.41, 5.74) is 0.761. The Hall–Kier alpha value is -2.94. The molecule has 1 aromatic rings. The molecule has 1 fully saturated rings. The van der Waals surface area contributed by atoms with Crippen molar-refractivity contribution in [2.75, 3.05) is 53.9 Å². The van der Waals surface area contributed by atoms with Gasteiger partial charge < -0.3 is 19.9 Å². The Kier molecular flexibility index (Phi) is 20.3. The fourth-order valence-electron chi connectivity index (χ4n) is 5.33. The lowest BCUT2D eigenvalue weighted by molar-refractivity contribution is -0.136. The first-order valence-corrected chi connectivity index (χ1v) is 16.1. The van der Waals surface area contributed by atoms with Crippen molar-refractivity contribution in [3.63, 3.8) is 0 Å². The van der Waals surface area contributed by atoms with Crippen LogP contribution in [0.5, 0.6) is 0 Å². The van der Waals surface area contributed by atoms with Gasteiger partial charge in [-0.15, -0.1) is 0 Å². The van der Waals surface area contributed by atoms with Gasteiger partial charge in [-0.3, -0.25) is 24.1 Å². The third-order valence-electron chi connectivity index (χ3n) is 7.90. The fourth-order valence-corrected chi connectivity index (χ4v) is 5.33. The van der Waals surface area contributed by atoms with Crippen LogP contribution < -0.4 is 5.32 Å². The Labute approximate surface area is 268 Å². The standard InChI is InChI=1S/C29H48N4O3.C4H10.C2H4O2/c1-8-24(29(4,5)23-15-11-9-12-16-23)28(36)30-19-26(34)32(7)25(22(2)3)20-31(6)21-27(35)33-17-13-10-14-18-33;1-4(2)3;1-4-2-3/h9,11-12,15-16,22,24-25H,8,10,13-14,17-21H2,1-7H3,(H,30,36);4H,1-3H3;2H,1H3/t24-,25-;;/m1../s1. The van der Waals surface area contributed by atoms with Gasteiger partial charge in [0.15, 0.2) is 0 Å². The van der Waals surface area contributed by atoms with E-state index in [1.165, 1.54) is 13.5 Å². The zero-order valence-corrected chi connectivity index (χ0v) is 29.5. The summed E-state index contributed by atoms with van der Waals surface area (Å²) in [6.07, 6.45) is 4.03. The summed E-state index contributed by atoms with van der Waals surface area (Å²) in [6, 6.07) is 9.99. The van der Waals surface area contributed by atoms with Crippen LogP contribution in [0.15, 0.2) is 30.3 Å². The van der Waals surface area contributed by atoms with Gasteiger partial charge in [0.25, 0.3) is 6.47 Å². The average Bonchev–Trinajstić information content (AvgIpc) is 2.99. The maximum Gasteiger partial charge on any atom is 0.292 e. The van der Waals surface area contributed by atoms with Crippen LogP contribution in [0.3, 0.4) is 0 Å². The highest BCUT2D eigenvalue weighted by Gasteiger charge is 2.35. The van der Waals surface area contributed by atoms with Gasteiger partial charge in [0.05, 0.1) is 20.2 Å². The van der Waals surface area contributed by atoms with Gasteiger partial charge in [0.2, 0.25) is 17.7 Å². The van der Waals surface area contributed by atoms with Gasteiger partial charge in [0, 0.05) is 44.1 Å². The van der Waals surface area contributed by atoms with E-state index in [-0.39, 0.29) is 47.6 Å². The van der Waals surface area contributed by atoms with Gasteiger partial charge >= 0.3 is 0 Å². The predicted molar refractivity (Wildman–Crippen MR) is 179 cm³/mol. The second-order valence-electron chi connectivity index (χ2n) is 13.3. The number of benzene rings is 1. The molecule has 0 spiro atoms. The maximum absolute atomic E-state index is 13.1. The number of nitrogens with zero attached hydrogens (tertiary/aromatic N) is 3. The number of piperidine rings is 1. The minimum absolute atomic E-state index is 0.0314. The lowest BCUT2D eigenvalue weighted by Gasteiger charge is -2.36. The Balaban J connectivity index is 0.00000205. The fraction of sp³-hybridized carbons (Fsp3) is 0.714. The van der Waals surface area contributed by atoms with Crippen LogP contribution in [0.25, 0.3) is 0 Å². The molecule has 0 saturated carbocycles. The molecular formula is C35H62N4O5. The zero-order chi connectivity index (χ0) is 33.9. The number of likely N-dealkylation sites (N-methyl/N-ethyl adjacent to an activating group) is 2. The van der Waals surface area contributed by atoms with Crippen LogP contribution in [-0.2, 0) is 29.3 Å². The molecule has 1 saturated heterocycles. The second kappa shape index (κ2) is 21.7. The van der Waals surface area contributed by atoms with Gasteiger partial charge in [-0.05, 0) is 50.1 Å². The molecule has 0 bridgehead atoms. The molecule has 2 rings (SSSR count). The van der Waals surface area contributed by atoms with Crippen LogP contribution in [0, 0.1) is 17.8 Å². The molecule has 252 valence electrons. The number of rotatable bonds is 13. The molecule has 1 heterocycles. The summed E-state index contributed by atoms with van der Waals surface area (Å²) < 4.78 is 3.86. The molecule has 0 unspecified atom stereocenters. The van der Waals surface area contributed by atoms with Gasteiger partial charge in [-0.25, -0.2) is 0 Å². The van der Waals surface area contributed by atoms with Gasteiger partial charge in [-0.2, -0.15) is 0 Å². The Bertz CT molecular complexity index is 958. The number of carbonyl (C=O) groups is 4. The highest BCUT2D eigenvalue weighted by Crippen LogP contribution is 2.33. The van der Waals surface area contributed by atoms with Gasteiger partial charge in [-0.1, -0.05) is 85.7 Å². The van der Waals surface area contributed by atoms with Crippen molar-refractivity contribution < 1.29 is 23.9 Å². The van der Waals surface area contributed by atoms with E-state index >= 15 is 0 Å². The van der Waals surface area contributed by atoms with Crippen LogP contribution in [0.1, 0.15) is 86.6 Å². The van der Waals surface area contributed by atoms with Crippen molar-refractivity contribution in [1.29, 1.82) is 0 Å². The highest BCUT2D eigenvalue weighted by molar-refractivity contribution is 5.86. The predicted octanol–water partition coefficient (Wildman–Crippen LogP) is 4.99. The molecule has 0 aliphatic carbocycles. The van der Waals surface area contributed by atoms with E-state index < -0.39 is 0 Å². The Morgan fingerprint density at radius 3 is 1.98 bits per heavy atom. The summed E-state index contributed by atoms with van der Waals surface area (Å²) >= 11 is 0. The molecule has 1 aliphatic heterocycles. The quantitative estimate of drug-likeness (QED) is 0.313. The molecule has 1 N–H and O–H groups in total. The number of nitrogens with one attached hydrogen (secondary N) is 1. The molecular weight excluding hydrogens is 556 g/mol. The molecule has 2 atom stereocenters. The number of ether oxygens (including phenoxy) is 1. The smallest absolute Gasteiger partial charge is 0.292 e. The van der Waals surface area contributed by atoms with Crippen LogP contribution >= 0.6 is 0 Å². The SMILES string of the molecule is CC(C)C.CC[C@H](C(=O)NCC(=O)N(C)[C@H](CN(C)CC(=O)N1CCCCC1)C(C)C)C(C)(C)c1ccccc1.COC=O. The zero-order valence-electron chi connectivity index (χ0n) is 29.5. The van der Waals surface area contributed by atoms with E-state index in [0.29, 0.717) is 26.0 Å². The lowest BCUT2D eigenvalue weighted by atomic mass is 9.71. The molecule has 9 nitrogen and oxygen atoms in total. The maximum atomic E-state index is 13.1. The van der Waals surface area contributed by atoms with Crippen LogP contribution in [-0.4, -0.2) is 98.9 Å². The van der Waals surface area contributed by atoms with E-state index in [9.17, 15) is 14.4 Å². The first kappa shape index (κ1) is 41.1. The van der Waals surface area contributed by atoms with Crippen LogP contribution in [0.4, 0.5) is 0 Å². The minimum Gasteiger partial charge on any atom is -0.471 e. The first-order valence-electron chi connectivity index (χ1n) is 16.1. The van der Waals surface area contributed by atoms with Gasteiger partial charge in [0.1, 0.15) is 0 Å². The third-order valence-corrected chi connectivity index (χ3v) is 7.90. The van der Waals surface area contributed by atoms with E-state index in [2.05, 4.69) is 70.7 Å². The van der Waals surface area contributed by atoms with Crippen molar-refractivity contribution in [1.82, 2.24) is 20.0 Å². The Morgan fingerprint density at radius 2 is 1.52 bits per heavy atom. The molecule has 1 aromatic carbocycles. The number of hydrogen-bond donors (Lipinski definition) is 1. The topological polar surface area (TPSA) is 99.3 Å². The van der Waals surface area contributed by atoms with Crippen molar-refractivity contribution in [2.45, 2.75) is 92.5 Å². The summed E-state index contributed by atoms with van der Waals surface area (Å²) in [6.45, 7) is 19.8. The summed E-state index contributed by atoms with van der Waals surface area (Å²) in [4.78, 5) is 53.6. The first-order chi connectivity index (χ1) is 20.6. The molecule has 9 heteroatoms. The molecule has 0 radical (unpaired) electrons. The summed E-state index contributed by atoms with van der Waals surface area (Å²) in [5.74, 6) is 0.740. The van der Waals surface area contributed by atoms with E-state index in [1.807, 2.05) is 42.0 Å². The van der Waals surface area contributed by atoms with E-state index in [1.54, 1.807) is 11.9 Å². The van der Waals surface area contributed by atoms with Crippen molar-refractivity contribution >= 4 is 24.2 Å². The monoisotopic (exact) mass is 618 g/mol. The number of likely N-dealkylation sites (tertiary alicyclic amines) is 1. The van der Waals surface area contributed by atoms with Crippen molar-refractivity contribution in [3.8, 4) is 0 Å². The molecule has 44 heavy (non-hydrogen) atoms.